The first kappa shape index (κ1) is 102. The zero-order valence-corrected chi connectivity index (χ0v) is 67.1. The number of Topliss-reactive ketones (excluding diaryl/α,β-unsaturated/α-hetero) is 5. The molecule has 0 bridgehead atoms. The Balaban J connectivity index is 0.00000749. The average molecular weight is 1640 g/mol. The summed E-state index contributed by atoms with van der Waals surface area (Å²) in [6.45, 7) is 3.79. The molecule has 1 saturated carbocycles. The number of hydrogen-bond acceptors (Lipinski definition) is 23. The first-order valence-corrected chi connectivity index (χ1v) is 40.0. The highest BCUT2D eigenvalue weighted by atomic mass is 16.4. The predicted molar refractivity (Wildman–Crippen MR) is 424 cm³/mol. The van der Waals surface area contributed by atoms with Crippen LogP contribution in [0, 0.1) is 29.1 Å². The summed E-state index contributed by atoms with van der Waals surface area (Å²) in [7, 11) is 1.94. The van der Waals surface area contributed by atoms with E-state index in [2.05, 4.69) is 36.2 Å². The zero-order chi connectivity index (χ0) is 87.1. The molecule has 0 aromatic heterocycles. The van der Waals surface area contributed by atoms with Gasteiger partial charge in [-0.25, -0.2) is 0 Å². The second-order valence-corrected chi connectivity index (χ2v) is 29.8. The largest absolute Gasteiger partial charge is 0.481 e. The Bertz CT molecular complexity index is 3610. The first-order valence-electron chi connectivity index (χ1n) is 40.0. The van der Waals surface area contributed by atoms with E-state index in [1.807, 2.05) is 35.0 Å². The maximum Gasteiger partial charge on any atom is 0.373 e. The Hall–Kier alpha value is -10.8. The molecule has 4 amide bonds. The number of aliphatic carboxylic acids is 5. The molecule has 1 unspecified atom stereocenters. The van der Waals surface area contributed by atoms with Gasteiger partial charge in [-0.2, -0.15) is 19.2 Å². The van der Waals surface area contributed by atoms with Crippen molar-refractivity contribution in [3.05, 3.63) is 71.8 Å². The van der Waals surface area contributed by atoms with Crippen molar-refractivity contribution in [3.63, 3.8) is 0 Å². The number of carboxylic acids is 5. The van der Waals surface area contributed by atoms with Gasteiger partial charge in [0.1, 0.15) is 11.6 Å². The van der Waals surface area contributed by atoms with Gasteiger partial charge >= 0.3 is 42.1 Å². The normalized spacial score (nSPS) is 16.2. The van der Waals surface area contributed by atoms with Crippen molar-refractivity contribution in [2.45, 2.75) is 217 Å². The van der Waals surface area contributed by atoms with Gasteiger partial charge in [0.05, 0.1) is 60.8 Å². The van der Waals surface area contributed by atoms with Crippen LogP contribution in [0.25, 0.3) is 0 Å². The number of rotatable bonds is 60. The third kappa shape index (κ3) is 45.9. The minimum absolute atomic E-state index is 0.00102. The molecule has 1 aliphatic heterocycles. The van der Waals surface area contributed by atoms with Crippen molar-refractivity contribution >= 4 is 107 Å². The molecule has 1 aliphatic carbocycles. The Morgan fingerprint density at radius 2 is 0.915 bits per heavy atom. The van der Waals surface area contributed by atoms with Gasteiger partial charge in [0.25, 0.3) is 0 Å². The van der Waals surface area contributed by atoms with Crippen molar-refractivity contribution in [3.8, 4) is 0 Å². The molecule has 2 aromatic rings. The molecular formula is C81H121N13O23. The molecule has 2 aromatic carbocycles. The molecule has 8 atom stereocenters. The number of carbonyl (C=O) groups is 14. The maximum absolute atomic E-state index is 15.2. The molecule has 4 rings (SSSR count). The number of unbranched alkanes of at least 4 members (excludes halogenated alkanes) is 9. The standard InChI is InChI=1S/C79H121N13O19.2CO2/c1-90-39-41-91(43-44-92(42-40-90)53-71(103)104)52-60(94)31-18-9-14-27-56(74(107)108)46-65(95)62(32-20-37-85-77(80)81)88-73(106)58(49-70(101)102)47-66(96)63(33-21-38-86-78(82)83)89-76(111)79(50-55-25-12-7-13-26-55)51-61(79)72(105)64(45-54-23-10-6-11-24-54)87-67(97)34-19-5-3-2-4-16-29-59(93)30-17-8-15-28-57(75(109)110)48-68(98)84-36-22-35-69(99)100;2*2-1-3/h6-7,10-13,23-26,56-58,61-64H,2-5,8-9,14-22,27-53H2,1H3,(H,84,98)(H,87,97)(H,88,106)(H,89,111)(H,99,100)(H,101,102)(H,103,104)(H,107,108)(H,109,110)(H4,80,81,85)(H4,82,83,86);;/t56-,57-,58+,61?,62+,63+,64+,79-;;/m1../s1. The minimum atomic E-state index is -1.63. The van der Waals surface area contributed by atoms with E-state index in [1.165, 1.54) is 0 Å². The number of carboxylic acid groups (broad SMARTS) is 5. The number of ketones is 5. The molecule has 117 heavy (non-hydrogen) atoms. The van der Waals surface area contributed by atoms with Crippen LogP contribution < -0.4 is 44.2 Å². The quantitative estimate of drug-likeness (QED) is 0.0257. The number of aliphatic imine (C=N–C) groups is 2. The number of nitrogens with one attached hydrogen (secondary N) is 4. The summed E-state index contributed by atoms with van der Waals surface area (Å²) in [6, 6.07) is 14.1. The molecule has 17 N–H and O–H groups in total. The lowest BCUT2D eigenvalue weighted by atomic mass is 9.87. The van der Waals surface area contributed by atoms with Gasteiger partial charge in [-0.15, -0.1) is 0 Å². The third-order valence-corrected chi connectivity index (χ3v) is 20.4. The van der Waals surface area contributed by atoms with Gasteiger partial charge in [-0.1, -0.05) is 112 Å². The zero-order valence-electron chi connectivity index (χ0n) is 67.1. The summed E-state index contributed by atoms with van der Waals surface area (Å²) in [4.78, 5) is 231. The lowest BCUT2D eigenvalue weighted by Crippen LogP contribution is -2.49. The van der Waals surface area contributed by atoms with Crippen LogP contribution in [-0.4, -0.2) is 244 Å². The summed E-state index contributed by atoms with van der Waals surface area (Å²) in [5.74, 6) is -15.3. The van der Waals surface area contributed by atoms with Gasteiger partial charge in [0, 0.05) is 116 Å². The maximum atomic E-state index is 15.2. The molecule has 648 valence electrons. The Morgan fingerprint density at radius 3 is 1.41 bits per heavy atom. The summed E-state index contributed by atoms with van der Waals surface area (Å²) in [5.41, 5.74) is 22.4. The van der Waals surface area contributed by atoms with Crippen LogP contribution in [0.1, 0.15) is 197 Å². The molecule has 36 nitrogen and oxygen atoms in total. The van der Waals surface area contributed by atoms with Gasteiger partial charge in [-0.3, -0.25) is 86.9 Å². The summed E-state index contributed by atoms with van der Waals surface area (Å²) in [5, 5.41) is 59.3. The molecule has 1 heterocycles. The monoisotopic (exact) mass is 1640 g/mol. The number of carbonyl (C=O) groups excluding carboxylic acids is 13. The number of benzene rings is 2. The average Bonchev–Trinajstić information content (AvgIpc) is 1.56. The van der Waals surface area contributed by atoms with E-state index in [-0.39, 0.29) is 164 Å². The van der Waals surface area contributed by atoms with Crippen LogP contribution in [0.5, 0.6) is 0 Å². The van der Waals surface area contributed by atoms with Gasteiger partial charge in [0.15, 0.2) is 29.3 Å². The Labute approximate surface area is 681 Å². The highest BCUT2D eigenvalue weighted by Gasteiger charge is 2.64. The van der Waals surface area contributed by atoms with E-state index in [0.717, 1.165) is 24.8 Å². The van der Waals surface area contributed by atoms with Crippen molar-refractivity contribution in [2.24, 2.45) is 62.0 Å². The topological polar surface area (TPSA) is 595 Å². The number of hydrogen-bond donors (Lipinski definition) is 13. The lowest BCUT2D eigenvalue weighted by molar-refractivity contribution is -0.193. The van der Waals surface area contributed by atoms with Crippen molar-refractivity contribution in [1.29, 1.82) is 0 Å². The van der Waals surface area contributed by atoms with Crippen LogP contribution in [0.2, 0.25) is 0 Å². The van der Waals surface area contributed by atoms with Crippen molar-refractivity contribution in [1.82, 2.24) is 36.0 Å². The van der Waals surface area contributed by atoms with Crippen molar-refractivity contribution < 1.29 is 112 Å². The second kappa shape index (κ2) is 58.9. The van der Waals surface area contributed by atoms with Crippen LogP contribution in [0.3, 0.4) is 0 Å². The molecule has 1 saturated heterocycles. The number of guanidine groups is 2. The van der Waals surface area contributed by atoms with E-state index in [1.54, 1.807) is 42.5 Å². The molecule has 2 fully saturated rings. The highest BCUT2D eigenvalue weighted by molar-refractivity contribution is 6.02. The lowest BCUT2D eigenvalue weighted by Gasteiger charge is -2.26. The number of nitrogens with zero attached hydrogens (tertiary/aromatic N) is 5. The molecule has 36 heteroatoms. The van der Waals surface area contributed by atoms with E-state index in [4.69, 9.17) is 47.2 Å². The molecule has 0 spiro atoms. The van der Waals surface area contributed by atoms with Crippen LogP contribution >= 0.6 is 0 Å². The molecule has 0 radical (unpaired) electrons. The first-order chi connectivity index (χ1) is 55.8. The summed E-state index contributed by atoms with van der Waals surface area (Å²) >= 11 is 0. The van der Waals surface area contributed by atoms with E-state index in [0.29, 0.717) is 115 Å². The van der Waals surface area contributed by atoms with Gasteiger partial charge in [-0.05, 0) is 108 Å². The van der Waals surface area contributed by atoms with Crippen molar-refractivity contribution in [2.75, 3.05) is 79.0 Å². The van der Waals surface area contributed by atoms with Crippen LogP contribution in [-0.2, 0) is 99.1 Å². The molecular weight excluding hydrogens is 1520 g/mol. The number of amides is 4. The van der Waals surface area contributed by atoms with Crippen LogP contribution in [0.4, 0.5) is 0 Å². The van der Waals surface area contributed by atoms with Gasteiger partial charge < -0.3 is 74.6 Å². The number of nitrogens with two attached hydrogens (primary N) is 4. The SMILES string of the molecule is CN1CCN(CC(=O)O)CCN(CC(=O)CCCCC[C@H](CC(=O)[C@H](CCCN=C(N)N)NC(=O)[C@H](CC(=O)O)CC(=O)[C@H](CCCN=C(N)N)NC(=O)[C@]2(Cc3ccccc3)CC2C(=O)[C@H](Cc2ccccc2)NC(=O)CCCCCCCCC(=O)CCCCC[C@H](CC(=O)NCCCC(=O)O)C(=O)O)C(=O)O)CC1.O=C=O.O=C=O. The minimum Gasteiger partial charge on any atom is -0.481 e. The Morgan fingerprint density at radius 1 is 0.462 bits per heavy atom. The fourth-order valence-corrected chi connectivity index (χ4v) is 13.9. The summed E-state index contributed by atoms with van der Waals surface area (Å²) in [6.07, 6.45) is 7.10. The van der Waals surface area contributed by atoms with E-state index in [9.17, 15) is 78.0 Å². The Kier molecular flexibility index (Phi) is 51.5. The summed E-state index contributed by atoms with van der Waals surface area (Å²) < 4.78 is 0. The third-order valence-electron chi connectivity index (χ3n) is 20.4. The predicted octanol–water partition coefficient (Wildman–Crippen LogP) is 3.02. The fourth-order valence-electron chi connectivity index (χ4n) is 13.9. The number of likely N-dealkylation sites (N-methyl/N-ethyl adjacent to an activating group) is 1. The second-order valence-electron chi connectivity index (χ2n) is 29.8. The molecule has 2 aliphatic rings. The van der Waals surface area contributed by atoms with Gasteiger partial charge in [0.2, 0.25) is 23.6 Å². The van der Waals surface area contributed by atoms with E-state index >= 15 is 9.59 Å². The van der Waals surface area contributed by atoms with E-state index < -0.39 is 131 Å². The fraction of sp³-hybridized carbons (Fsp3) is 0.630. The van der Waals surface area contributed by atoms with Crippen LogP contribution in [0.15, 0.2) is 70.6 Å². The smallest absolute Gasteiger partial charge is 0.373 e. The highest BCUT2D eigenvalue weighted by Crippen LogP contribution is 2.56.